The summed E-state index contributed by atoms with van der Waals surface area (Å²) < 4.78 is 11.4. The lowest BCUT2D eigenvalue weighted by Gasteiger charge is -2.31. The van der Waals surface area contributed by atoms with E-state index in [9.17, 15) is 4.79 Å². The molecule has 1 aromatic heterocycles. The van der Waals surface area contributed by atoms with Crippen LogP contribution in [0.1, 0.15) is 22.5 Å². The van der Waals surface area contributed by atoms with E-state index in [1.165, 1.54) is 6.20 Å². The van der Waals surface area contributed by atoms with Crippen molar-refractivity contribution >= 4 is 5.91 Å². The first-order valence-electron chi connectivity index (χ1n) is 7.23. The maximum absolute atomic E-state index is 12.0. The molecule has 0 saturated carbocycles. The summed E-state index contributed by atoms with van der Waals surface area (Å²) in [7, 11) is 0. The van der Waals surface area contributed by atoms with E-state index in [0.717, 1.165) is 12.0 Å². The Balaban J connectivity index is 1.57. The maximum Gasteiger partial charge on any atom is 0.273 e. The lowest BCUT2D eigenvalue weighted by Crippen LogP contribution is -2.50. The van der Waals surface area contributed by atoms with Crippen LogP contribution in [-0.2, 0) is 16.1 Å². The third-order valence-electron chi connectivity index (χ3n) is 3.56. The van der Waals surface area contributed by atoms with Crippen molar-refractivity contribution in [2.45, 2.75) is 25.2 Å². The predicted octanol–water partition coefficient (Wildman–Crippen LogP) is 0.909. The van der Waals surface area contributed by atoms with Gasteiger partial charge in [-0.05, 0) is 12.0 Å². The largest absolute Gasteiger partial charge is 0.379 e. The maximum atomic E-state index is 12.0. The highest BCUT2D eigenvalue weighted by Crippen LogP contribution is 2.15. The standard InChI is InChI=1S/C15H18N4O3/c20-15(12-8-16-19-18-12)17-13-10-21-7-6-14(13)22-9-11-4-2-1-3-5-11/h1-5,8,13-14H,6-7,9-10H2,(H,17,20)(H,16,18,19)/t13-,14+/m1/s1. The topological polar surface area (TPSA) is 89.1 Å². The van der Waals surface area contributed by atoms with Crippen LogP contribution in [0.3, 0.4) is 0 Å². The summed E-state index contributed by atoms with van der Waals surface area (Å²) in [5.41, 5.74) is 1.36. The van der Waals surface area contributed by atoms with E-state index in [-0.39, 0.29) is 23.7 Å². The minimum Gasteiger partial charge on any atom is -0.379 e. The molecule has 3 rings (SSSR count). The van der Waals surface area contributed by atoms with Gasteiger partial charge in [0.05, 0.1) is 31.6 Å². The second-order valence-corrected chi connectivity index (χ2v) is 5.13. The highest BCUT2D eigenvalue weighted by atomic mass is 16.5. The molecule has 0 unspecified atom stereocenters. The molecule has 0 radical (unpaired) electrons. The number of H-pyrrole nitrogens is 1. The Morgan fingerprint density at radius 3 is 3.05 bits per heavy atom. The van der Waals surface area contributed by atoms with Crippen molar-refractivity contribution in [2.75, 3.05) is 13.2 Å². The van der Waals surface area contributed by atoms with Crippen LogP contribution in [0.5, 0.6) is 0 Å². The second-order valence-electron chi connectivity index (χ2n) is 5.13. The van der Waals surface area contributed by atoms with Crippen molar-refractivity contribution in [1.82, 2.24) is 20.7 Å². The van der Waals surface area contributed by atoms with Gasteiger partial charge in [0, 0.05) is 6.61 Å². The molecule has 7 heteroatoms. The lowest BCUT2D eigenvalue weighted by atomic mass is 10.1. The highest BCUT2D eigenvalue weighted by molar-refractivity contribution is 5.92. The van der Waals surface area contributed by atoms with Gasteiger partial charge in [-0.3, -0.25) is 4.79 Å². The highest BCUT2D eigenvalue weighted by Gasteiger charge is 2.28. The summed E-state index contributed by atoms with van der Waals surface area (Å²) in [6.45, 7) is 1.58. The van der Waals surface area contributed by atoms with E-state index in [0.29, 0.717) is 19.8 Å². The molecule has 1 aromatic carbocycles. The third-order valence-corrected chi connectivity index (χ3v) is 3.56. The van der Waals surface area contributed by atoms with Crippen LogP contribution in [0.15, 0.2) is 36.5 Å². The SMILES string of the molecule is O=C(N[C@@H]1COCC[C@@H]1OCc1ccccc1)c1cn[nH]n1. The Bertz CT molecular complexity index is 588. The summed E-state index contributed by atoms with van der Waals surface area (Å²) in [5, 5.41) is 12.7. The van der Waals surface area contributed by atoms with E-state index in [1.54, 1.807) is 0 Å². The fourth-order valence-electron chi connectivity index (χ4n) is 2.38. The molecule has 116 valence electrons. The Labute approximate surface area is 128 Å². The fraction of sp³-hybridized carbons (Fsp3) is 0.400. The van der Waals surface area contributed by atoms with Crippen molar-refractivity contribution in [3.8, 4) is 0 Å². The zero-order valence-corrected chi connectivity index (χ0v) is 12.1. The van der Waals surface area contributed by atoms with Crippen molar-refractivity contribution in [3.05, 3.63) is 47.8 Å². The number of ether oxygens (including phenoxy) is 2. The molecular formula is C15H18N4O3. The molecule has 1 aliphatic heterocycles. The number of nitrogens with zero attached hydrogens (tertiary/aromatic N) is 2. The monoisotopic (exact) mass is 302 g/mol. The number of hydrogen-bond acceptors (Lipinski definition) is 5. The van der Waals surface area contributed by atoms with Crippen molar-refractivity contribution in [3.63, 3.8) is 0 Å². The Hall–Kier alpha value is -2.25. The number of benzene rings is 1. The van der Waals surface area contributed by atoms with Crippen LogP contribution in [0, 0.1) is 0 Å². The van der Waals surface area contributed by atoms with Crippen molar-refractivity contribution < 1.29 is 14.3 Å². The Kier molecular flexibility index (Phi) is 4.77. The number of carbonyl (C=O) groups is 1. The average Bonchev–Trinajstić information content (AvgIpc) is 3.10. The first-order valence-corrected chi connectivity index (χ1v) is 7.23. The molecule has 0 spiro atoms. The molecule has 2 atom stereocenters. The number of nitrogens with one attached hydrogen (secondary N) is 2. The first kappa shape index (κ1) is 14.7. The zero-order chi connectivity index (χ0) is 15.2. The van der Waals surface area contributed by atoms with Crippen LogP contribution in [0.25, 0.3) is 0 Å². The number of aromatic nitrogens is 3. The molecule has 0 bridgehead atoms. The van der Waals surface area contributed by atoms with Crippen LogP contribution >= 0.6 is 0 Å². The minimum atomic E-state index is -0.280. The van der Waals surface area contributed by atoms with E-state index in [4.69, 9.17) is 9.47 Å². The molecule has 22 heavy (non-hydrogen) atoms. The van der Waals surface area contributed by atoms with Gasteiger partial charge in [-0.2, -0.15) is 15.4 Å². The number of carbonyl (C=O) groups excluding carboxylic acids is 1. The van der Waals surface area contributed by atoms with Crippen LogP contribution < -0.4 is 5.32 Å². The van der Waals surface area contributed by atoms with Crippen LogP contribution in [0.2, 0.25) is 0 Å². The number of amides is 1. The van der Waals surface area contributed by atoms with Crippen molar-refractivity contribution in [2.24, 2.45) is 0 Å². The number of rotatable bonds is 5. The smallest absolute Gasteiger partial charge is 0.273 e. The molecule has 2 heterocycles. The average molecular weight is 302 g/mol. The molecule has 1 saturated heterocycles. The van der Waals surface area contributed by atoms with Gasteiger partial charge in [0.15, 0.2) is 5.69 Å². The third kappa shape index (κ3) is 3.69. The molecule has 7 nitrogen and oxygen atoms in total. The van der Waals surface area contributed by atoms with Crippen LogP contribution in [-0.4, -0.2) is 46.7 Å². The molecule has 2 aromatic rings. The second kappa shape index (κ2) is 7.15. The normalized spacial score (nSPS) is 21.5. The van der Waals surface area contributed by atoms with E-state index in [1.807, 2.05) is 30.3 Å². The van der Waals surface area contributed by atoms with E-state index < -0.39 is 0 Å². The Morgan fingerprint density at radius 1 is 1.41 bits per heavy atom. The molecule has 1 amide bonds. The summed E-state index contributed by atoms with van der Waals surface area (Å²) in [6, 6.07) is 9.77. The summed E-state index contributed by atoms with van der Waals surface area (Å²) in [5.74, 6) is -0.280. The van der Waals surface area contributed by atoms with Crippen molar-refractivity contribution in [1.29, 1.82) is 0 Å². The van der Waals surface area contributed by atoms with Gasteiger partial charge in [-0.25, -0.2) is 0 Å². The number of hydrogen-bond donors (Lipinski definition) is 2. The minimum absolute atomic E-state index is 0.0789. The number of aromatic amines is 1. The summed E-state index contributed by atoms with van der Waals surface area (Å²) in [4.78, 5) is 12.0. The molecule has 1 aliphatic rings. The lowest BCUT2D eigenvalue weighted by molar-refractivity contribution is -0.0605. The quantitative estimate of drug-likeness (QED) is 0.857. The van der Waals surface area contributed by atoms with Gasteiger partial charge in [0.25, 0.3) is 5.91 Å². The molecule has 2 N–H and O–H groups in total. The fourth-order valence-corrected chi connectivity index (χ4v) is 2.38. The Morgan fingerprint density at radius 2 is 2.27 bits per heavy atom. The van der Waals surface area contributed by atoms with Gasteiger partial charge >= 0.3 is 0 Å². The zero-order valence-electron chi connectivity index (χ0n) is 12.1. The molecule has 1 fully saturated rings. The summed E-state index contributed by atoms with van der Waals surface area (Å²) >= 11 is 0. The van der Waals surface area contributed by atoms with Gasteiger partial charge < -0.3 is 14.8 Å². The van der Waals surface area contributed by atoms with Gasteiger partial charge in [0.1, 0.15) is 0 Å². The molecular weight excluding hydrogens is 284 g/mol. The van der Waals surface area contributed by atoms with E-state index in [2.05, 4.69) is 20.7 Å². The van der Waals surface area contributed by atoms with E-state index >= 15 is 0 Å². The van der Waals surface area contributed by atoms with Crippen LogP contribution in [0.4, 0.5) is 0 Å². The predicted molar refractivity (Wildman–Crippen MR) is 78.1 cm³/mol. The van der Waals surface area contributed by atoms with Gasteiger partial charge in [-0.15, -0.1) is 0 Å². The molecule has 0 aliphatic carbocycles. The summed E-state index contributed by atoms with van der Waals surface area (Å²) in [6.07, 6.45) is 2.06. The van der Waals surface area contributed by atoms with Gasteiger partial charge in [-0.1, -0.05) is 30.3 Å². The van der Waals surface area contributed by atoms with Gasteiger partial charge in [0.2, 0.25) is 0 Å². The first-order chi connectivity index (χ1) is 10.8.